The zero-order chi connectivity index (χ0) is 24.2. The fraction of sp³-hybridized carbons (Fsp3) is 0.129. The maximum absolute atomic E-state index is 14.0. The molecule has 1 aliphatic heterocycles. The molecule has 1 fully saturated rings. The zero-order valence-electron chi connectivity index (χ0n) is 19.1. The summed E-state index contributed by atoms with van der Waals surface area (Å²) in [6.45, 7) is 1.74. The molecule has 0 unspecified atom stereocenters. The summed E-state index contributed by atoms with van der Waals surface area (Å²) in [6, 6.07) is 29.7. The Balaban J connectivity index is 1.56. The van der Waals surface area contributed by atoms with E-state index in [1.807, 2.05) is 66.7 Å². The Bertz CT molecular complexity index is 1540. The van der Waals surface area contributed by atoms with Crippen molar-refractivity contribution in [3.05, 3.63) is 120 Å². The number of hydrogen-bond donors (Lipinski definition) is 0. The summed E-state index contributed by atoms with van der Waals surface area (Å²) in [6.07, 6.45) is 3.11. The third-order valence-corrected chi connectivity index (χ3v) is 7.61. The van der Waals surface area contributed by atoms with Gasteiger partial charge in [-0.25, -0.2) is 0 Å². The van der Waals surface area contributed by atoms with Crippen LogP contribution in [0, 0.1) is 10.8 Å². The molecule has 4 aromatic rings. The van der Waals surface area contributed by atoms with E-state index in [0.29, 0.717) is 11.3 Å². The SMILES string of the molecule is C[C@]1(C(=O)c2ccccc2)[C@@H]2c3c(ccc4ccccc34)OC(=O)[C@]21C(=O)/C=C/c1ccccc1. The van der Waals surface area contributed by atoms with Gasteiger partial charge in [0.15, 0.2) is 17.0 Å². The van der Waals surface area contributed by atoms with Crippen molar-refractivity contribution in [2.75, 3.05) is 0 Å². The van der Waals surface area contributed by atoms with Crippen molar-refractivity contribution in [2.45, 2.75) is 12.8 Å². The minimum atomic E-state index is -1.62. The van der Waals surface area contributed by atoms with Crippen molar-refractivity contribution in [3.8, 4) is 5.75 Å². The minimum absolute atomic E-state index is 0.234. The number of ether oxygens (including phenoxy) is 1. The summed E-state index contributed by atoms with van der Waals surface area (Å²) >= 11 is 0. The molecule has 170 valence electrons. The normalized spacial score (nSPS) is 24.5. The van der Waals surface area contributed by atoms with Crippen LogP contribution in [0.3, 0.4) is 0 Å². The van der Waals surface area contributed by atoms with Crippen LogP contribution in [0.1, 0.15) is 34.3 Å². The standard InChI is InChI=1S/C31H22O4/c1-30(28(33)22-13-6-3-7-14-22)27-26-23-15-9-8-12-21(23)17-18-24(26)35-29(34)31(27,30)25(32)19-16-20-10-4-2-5-11-20/h2-19,27H,1H3/b19-16+/t27-,30+,31-/m0/s1. The molecule has 1 heterocycles. The van der Waals surface area contributed by atoms with Crippen LogP contribution in [0.5, 0.6) is 5.75 Å². The number of esters is 1. The number of allylic oxidation sites excluding steroid dienone is 1. The average Bonchev–Trinajstić information content (AvgIpc) is 3.50. The Labute approximate surface area is 202 Å². The van der Waals surface area contributed by atoms with Crippen LogP contribution in [0.2, 0.25) is 0 Å². The van der Waals surface area contributed by atoms with Crippen LogP contribution in [0.15, 0.2) is 103 Å². The van der Waals surface area contributed by atoms with E-state index in [2.05, 4.69) is 0 Å². The average molecular weight is 459 g/mol. The first-order valence-electron chi connectivity index (χ1n) is 11.6. The number of fused-ring (bicyclic) bond motifs is 5. The lowest BCUT2D eigenvalue weighted by atomic mass is 9.84. The van der Waals surface area contributed by atoms with Crippen molar-refractivity contribution >= 4 is 34.4 Å². The zero-order valence-corrected chi connectivity index (χ0v) is 19.1. The lowest BCUT2D eigenvalue weighted by Gasteiger charge is -2.23. The van der Waals surface area contributed by atoms with Gasteiger partial charge >= 0.3 is 5.97 Å². The number of carbonyl (C=O) groups excluding carboxylic acids is 3. The molecule has 0 N–H and O–H groups in total. The molecule has 1 saturated carbocycles. The minimum Gasteiger partial charge on any atom is -0.425 e. The third kappa shape index (κ3) is 2.83. The van der Waals surface area contributed by atoms with Gasteiger partial charge in [-0.05, 0) is 28.5 Å². The summed E-state index contributed by atoms with van der Waals surface area (Å²) in [5.41, 5.74) is -0.851. The first-order chi connectivity index (χ1) is 17.0. The molecular weight excluding hydrogens is 436 g/mol. The molecule has 35 heavy (non-hydrogen) atoms. The molecule has 0 aromatic heterocycles. The lowest BCUT2D eigenvalue weighted by Crippen LogP contribution is -2.38. The van der Waals surface area contributed by atoms with Crippen LogP contribution in [-0.2, 0) is 9.59 Å². The second-order valence-corrected chi connectivity index (χ2v) is 9.33. The van der Waals surface area contributed by atoms with E-state index in [1.54, 1.807) is 43.3 Å². The first kappa shape index (κ1) is 21.2. The summed E-state index contributed by atoms with van der Waals surface area (Å²) in [7, 11) is 0. The van der Waals surface area contributed by atoms with Gasteiger partial charge in [-0.1, -0.05) is 104 Å². The van der Waals surface area contributed by atoms with Crippen LogP contribution in [-0.4, -0.2) is 17.5 Å². The molecule has 1 aliphatic carbocycles. The van der Waals surface area contributed by atoms with Crippen molar-refractivity contribution in [3.63, 3.8) is 0 Å². The van der Waals surface area contributed by atoms with E-state index in [1.165, 1.54) is 6.08 Å². The van der Waals surface area contributed by atoms with E-state index in [-0.39, 0.29) is 5.78 Å². The predicted octanol–water partition coefficient (Wildman–Crippen LogP) is 6.01. The molecule has 4 nitrogen and oxygen atoms in total. The molecule has 4 heteroatoms. The van der Waals surface area contributed by atoms with Crippen LogP contribution >= 0.6 is 0 Å². The van der Waals surface area contributed by atoms with Gasteiger partial charge in [0.1, 0.15) is 5.75 Å². The number of ketones is 2. The maximum Gasteiger partial charge on any atom is 0.327 e. The lowest BCUT2D eigenvalue weighted by molar-refractivity contribution is -0.147. The number of Topliss-reactive ketones (excluding diaryl/α,β-unsaturated/α-hetero) is 1. The Morgan fingerprint density at radius 3 is 2.23 bits per heavy atom. The molecular formula is C31H22O4. The molecule has 2 aliphatic rings. The largest absolute Gasteiger partial charge is 0.425 e. The summed E-state index contributed by atoms with van der Waals surface area (Å²) in [4.78, 5) is 41.5. The van der Waals surface area contributed by atoms with Gasteiger partial charge < -0.3 is 4.74 Å². The van der Waals surface area contributed by atoms with E-state index in [4.69, 9.17) is 4.74 Å². The second-order valence-electron chi connectivity index (χ2n) is 9.33. The van der Waals surface area contributed by atoms with Crippen LogP contribution in [0.4, 0.5) is 0 Å². The van der Waals surface area contributed by atoms with E-state index >= 15 is 0 Å². The first-order valence-corrected chi connectivity index (χ1v) is 11.6. The van der Waals surface area contributed by atoms with Gasteiger partial charge in [0.25, 0.3) is 0 Å². The second kappa shape index (κ2) is 7.60. The highest BCUT2D eigenvalue weighted by molar-refractivity contribution is 6.25. The highest BCUT2D eigenvalue weighted by Gasteiger charge is 2.87. The summed E-state index contributed by atoms with van der Waals surface area (Å²) in [5.74, 6) is -1.53. The fourth-order valence-electron chi connectivity index (χ4n) is 5.86. The molecule has 6 rings (SSSR count). The number of hydrogen-bond acceptors (Lipinski definition) is 4. The Kier molecular flexibility index (Phi) is 4.61. The van der Waals surface area contributed by atoms with Gasteiger partial charge in [-0.3, -0.25) is 14.4 Å². The van der Waals surface area contributed by atoms with Gasteiger partial charge in [0.05, 0.1) is 5.41 Å². The monoisotopic (exact) mass is 458 g/mol. The molecule has 0 amide bonds. The summed E-state index contributed by atoms with van der Waals surface area (Å²) < 4.78 is 5.81. The highest BCUT2D eigenvalue weighted by atomic mass is 16.5. The fourth-order valence-corrected chi connectivity index (χ4v) is 5.86. The third-order valence-electron chi connectivity index (χ3n) is 7.61. The molecule has 0 saturated heterocycles. The highest BCUT2D eigenvalue weighted by Crippen LogP contribution is 2.79. The Morgan fingerprint density at radius 1 is 0.829 bits per heavy atom. The number of benzene rings is 4. The molecule has 4 aromatic carbocycles. The van der Waals surface area contributed by atoms with Crippen molar-refractivity contribution in [1.82, 2.24) is 0 Å². The van der Waals surface area contributed by atoms with Crippen molar-refractivity contribution in [1.29, 1.82) is 0 Å². The maximum atomic E-state index is 14.0. The van der Waals surface area contributed by atoms with Gasteiger partial charge in [-0.15, -0.1) is 0 Å². The molecule has 3 atom stereocenters. The Hall–Kier alpha value is -4.31. The molecule has 0 radical (unpaired) electrons. The topological polar surface area (TPSA) is 60.4 Å². The molecule has 0 bridgehead atoms. The van der Waals surface area contributed by atoms with E-state index < -0.39 is 28.5 Å². The predicted molar refractivity (Wildman–Crippen MR) is 134 cm³/mol. The number of carbonyl (C=O) groups is 3. The summed E-state index contributed by atoms with van der Waals surface area (Å²) in [5, 5.41) is 1.85. The van der Waals surface area contributed by atoms with Gasteiger partial charge in [0, 0.05) is 17.0 Å². The smallest absolute Gasteiger partial charge is 0.327 e. The Morgan fingerprint density at radius 2 is 1.49 bits per heavy atom. The van der Waals surface area contributed by atoms with Crippen LogP contribution in [0.25, 0.3) is 16.8 Å². The van der Waals surface area contributed by atoms with Crippen molar-refractivity contribution < 1.29 is 19.1 Å². The van der Waals surface area contributed by atoms with E-state index in [9.17, 15) is 14.4 Å². The van der Waals surface area contributed by atoms with E-state index in [0.717, 1.165) is 21.9 Å². The van der Waals surface area contributed by atoms with Crippen molar-refractivity contribution in [2.24, 2.45) is 10.8 Å². The van der Waals surface area contributed by atoms with Gasteiger partial charge in [0.2, 0.25) is 0 Å². The quantitative estimate of drug-likeness (QED) is 0.121. The van der Waals surface area contributed by atoms with Crippen LogP contribution < -0.4 is 4.74 Å². The number of rotatable bonds is 5. The molecule has 0 spiro atoms. The van der Waals surface area contributed by atoms with Gasteiger partial charge in [-0.2, -0.15) is 0 Å².